The lowest BCUT2D eigenvalue weighted by Gasteiger charge is -2.25. The van der Waals surface area contributed by atoms with E-state index < -0.39 is 0 Å². The molecule has 100 valence electrons. The van der Waals surface area contributed by atoms with Crippen molar-refractivity contribution in [1.29, 1.82) is 0 Å². The molecule has 0 aliphatic carbocycles. The van der Waals surface area contributed by atoms with Gasteiger partial charge in [-0.15, -0.1) is 0 Å². The van der Waals surface area contributed by atoms with Gasteiger partial charge in [0.15, 0.2) is 0 Å². The molecule has 1 aromatic carbocycles. The van der Waals surface area contributed by atoms with Crippen LogP contribution in [0.1, 0.15) is 42.4 Å². The highest BCUT2D eigenvalue weighted by Gasteiger charge is 2.24. The molecule has 1 aromatic rings. The molecular weight excluding hydrogens is 286 g/mol. The fraction of sp³-hybridized carbons (Fsp3) is 0.625. The molecule has 0 spiro atoms. The van der Waals surface area contributed by atoms with E-state index in [1.165, 1.54) is 48.9 Å². The standard InChI is InChI=1S/C16H24BrN/c1-13-7-8-14(2)15(11-13)12-18-10-4-6-16(18)5-3-9-17/h7-8,11,16H,3-6,9-10,12H2,1-2H3. The number of hydrogen-bond acceptors (Lipinski definition) is 1. The van der Waals surface area contributed by atoms with E-state index in [4.69, 9.17) is 0 Å². The molecule has 1 nitrogen and oxygen atoms in total. The molecule has 1 fully saturated rings. The van der Waals surface area contributed by atoms with E-state index in [0.29, 0.717) is 0 Å². The lowest BCUT2D eigenvalue weighted by atomic mass is 10.0. The van der Waals surface area contributed by atoms with E-state index in [0.717, 1.165) is 17.9 Å². The minimum atomic E-state index is 0.808. The van der Waals surface area contributed by atoms with Crippen molar-refractivity contribution >= 4 is 15.9 Å². The van der Waals surface area contributed by atoms with Crippen LogP contribution in [0.15, 0.2) is 18.2 Å². The van der Waals surface area contributed by atoms with Crippen LogP contribution in [0.2, 0.25) is 0 Å². The molecule has 0 saturated carbocycles. The molecule has 0 amide bonds. The van der Waals surface area contributed by atoms with E-state index in [2.05, 4.69) is 52.9 Å². The highest BCUT2D eigenvalue weighted by molar-refractivity contribution is 9.09. The zero-order chi connectivity index (χ0) is 13.0. The van der Waals surface area contributed by atoms with E-state index in [1.807, 2.05) is 0 Å². The smallest absolute Gasteiger partial charge is 0.0239 e. The highest BCUT2D eigenvalue weighted by Crippen LogP contribution is 2.25. The number of hydrogen-bond donors (Lipinski definition) is 0. The highest BCUT2D eigenvalue weighted by atomic mass is 79.9. The summed E-state index contributed by atoms with van der Waals surface area (Å²) in [5, 5.41) is 1.14. The molecule has 1 saturated heterocycles. The molecule has 18 heavy (non-hydrogen) atoms. The molecule has 0 aromatic heterocycles. The van der Waals surface area contributed by atoms with Crippen LogP contribution in [0.4, 0.5) is 0 Å². The largest absolute Gasteiger partial charge is 0.296 e. The predicted octanol–water partition coefficient (Wildman–Crippen LogP) is 4.44. The Labute approximate surface area is 120 Å². The Hall–Kier alpha value is -0.340. The van der Waals surface area contributed by atoms with Gasteiger partial charge in [0.05, 0.1) is 0 Å². The van der Waals surface area contributed by atoms with Gasteiger partial charge >= 0.3 is 0 Å². The van der Waals surface area contributed by atoms with Crippen molar-refractivity contribution in [3.63, 3.8) is 0 Å². The van der Waals surface area contributed by atoms with Crippen LogP contribution in [0.25, 0.3) is 0 Å². The van der Waals surface area contributed by atoms with Gasteiger partial charge in [0.2, 0.25) is 0 Å². The van der Waals surface area contributed by atoms with Crippen LogP contribution in [0.5, 0.6) is 0 Å². The third-order valence-corrected chi connectivity index (χ3v) is 4.61. The zero-order valence-corrected chi connectivity index (χ0v) is 13.2. The number of aryl methyl sites for hydroxylation is 2. The molecule has 1 unspecified atom stereocenters. The van der Waals surface area contributed by atoms with E-state index >= 15 is 0 Å². The first-order valence-corrected chi connectivity index (χ1v) is 8.19. The summed E-state index contributed by atoms with van der Waals surface area (Å²) in [4.78, 5) is 2.68. The van der Waals surface area contributed by atoms with Crippen LogP contribution in [-0.2, 0) is 6.54 Å². The maximum atomic E-state index is 3.55. The van der Waals surface area contributed by atoms with E-state index in [1.54, 1.807) is 0 Å². The average Bonchev–Trinajstić information content (AvgIpc) is 2.79. The van der Waals surface area contributed by atoms with Crippen molar-refractivity contribution in [2.75, 3.05) is 11.9 Å². The van der Waals surface area contributed by atoms with Crippen molar-refractivity contribution < 1.29 is 0 Å². The van der Waals surface area contributed by atoms with Crippen molar-refractivity contribution in [3.8, 4) is 0 Å². The first kappa shape index (κ1) is 14.1. The van der Waals surface area contributed by atoms with Gasteiger partial charge in [0.25, 0.3) is 0 Å². The summed E-state index contributed by atoms with van der Waals surface area (Å²) in [6.45, 7) is 6.84. The summed E-state index contributed by atoms with van der Waals surface area (Å²) in [5.41, 5.74) is 4.33. The molecule has 0 bridgehead atoms. The van der Waals surface area contributed by atoms with Crippen LogP contribution >= 0.6 is 15.9 Å². The van der Waals surface area contributed by atoms with Crippen molar-refractivity contribution in [3.05, 3.63) is 34.9 Å². The Kier molecular flexibility index (Phi) is 5.25. The fourth-order valence-electron chi connectivity index (χ4n) is 2.93. The molecule has 1 aliphatic heterocycles. The average molecular weight is 310 g/mol. The van der Waals surface area contributed by atoms with Crippen molar-refractivity contribution in [1.82, 2.24) is 4.90 Å². The lowest BCUT2D eigenvalue weighted by molar-refractivity contribution is 0.233. The first-order valence-electron chi connectivity index (χ1n) is 7.07. The third-order valence-electron chi connectivity index (χ3n) is 4.05. The second-order valence-corrected chi connectivity index (χ2v) is 6.32. The van der Waals surface area contributed by atoms with Gasteiger partial charge in [-0.25, -0.2) is 0 Å². The van der Waals surface area contributed by atoms with Crippen LogP contribution < -0.4 is 0 Å². The fourth-order valence-corrected chi connectivity index (χ4v) is 3.26. The van der Waals surface area contributed by atoms with Crippen LogP contribution in [0, 0.1) is 13.8 Å². The van der Waals surface area contributed by atoms with Gasteiger partial charge < -0.3 is 0 Å². The summed E-state index contributed by atoms with van der Waals surface area (Å²) in [5.74, 6) is 0. The quantitative estimate of drug-likeness (QED) is 0.727. The van der Waals surface area contributed by atoms with Crippen LogP contribution in [-0.4, -0.2) is 22.8 Å². The number of rotatable bonds is 5. The number of benzene rings is 1. The molecule has 1 heterocycles. The molecule has 2 rings (SSSR count). The molecule has 0 N–H and O–H groups in total. The van der Waals surface area contributed by atoms with Gasteiger partial charge in [-0.3, -0.25) is 4.90 Å². The second kappa shape index (κ2) is 6.72. The molecule has 1 aliphatic rings. The summed E-state index contributed by atoms with van der Waals surface area (Å²) >= 11 is 3.55. The number of halogens is 1. The molecule has 2 heteroatoms. The normalized spacial score (nSPS) is 20.5. The Morgan fingerprint density at radius 1 is 1.33 bits per heavy atom. The second-order valence-electron chi connectivity index (χ2n) is 5.53. The summed E-state index contributed by atoms with van der Waals surface area (Å²) in [6.07, 6.45) is 5.40. The predicted molar refractivity (Wildman–Crippen MR) is 82.4 cm³/mol. The maximum Gasteiger partial charge on any atom is 0.0239 e. The Morgan fingerprint density at radius 3 is 2.94 bits per heavy atom. The minimum absolute atomic E-state index is 0.808. The summed E-state index contributed by atoms with van der Waals surface area (Å²) in [7, 11) is 0. The van der Waals surface area contributed by atoms with Gasteiger partial charge in [-0.2, -0.15) is 0 Å². The van der Waals surface area contributed by atoms with Gasteiger partial charge in [-0.05, 0) is 57.2 Å². The van der Waals surface area contributed by atoms with Gasteiger partial charge in [0.1, 0.15) is 0 Å². The van der Waals surface area contributed by atoms with E-state index in [-0.39, 0.29) is 0 Å². The summed E-state index contributed by atoms with van der Waals surface area (Å²) < 4.78 is 0. The SMILES string of the molecule is Cc1ccc(C)c(CN2CCCC2CCCBr)c1. The lowest BCUT2D eigenvalue weighted by Crippen LogP contribution is -2.29. The molecule has 0 radical (unpaired) electrons. The summed E-state index contributed by atoms with van der Waals surface area (Å²) in [6, 6.07) is 7.64. The monoisotopic (exact) mass is 309 g/mol. The van der Waals surface area contributed by atoms with Gasteiger partial charge in [0, 0.05) is 17.9 Å². The van der Waals surface area contributed by atoms with Crippen molar-refractivity contribution in [2.24, 2.45) is 0 Å². The van der Waals surface area contributed by atoms with Gasteiger partial charge in [-0.1, -0.05) is 39.7 Å². The maximum absolute atomic E-state index is 3.55. The Bertz CT molecular complexity index is 389. The number of nitrogens with zero attached hydrogens (tertiary/aromatic N) is 1. The third kappa shape index (κ3) is 3.58. The first-order chi connectivity index (χ1) is 8.70. The van der Waals surface area contributed by atoms with Crippen LogP contribution in [0.3, 0.4) is 0 Å². The Balaban J connectivity index is 2.01. The Morgan fingerprint density at radius 2 is 2.17 bits per heavy atom. The van der Waals surface area contributed by atoms with Crippen molar-refractivity contribution in [2.45, 2.75) is 52.1 Å². The number of alkyl halides is 1. The zero-order valence-electron chi connectivity index (χ0n) is 11.6. The topological polar surface area (TPSA) is 3.24 Å². The molecular formula is C16H24BrN. The number of likely N-dealkylation sites (tertiary alicyclic amines) is 1. The molecule has 1 atom stereocenters. The minimum Gasteiger partial charge on any atom is -0.296 e. The van der Waals surface area contributed by atoms with E-state index in [9.17, 15) is 0 Å².